The molecule has 0 fully saturated rings. The van der Waals surface area contributed by atoms with Gasteiger partial charge in [-0.25, -0.2) is 0 Å². The zero-order valence-corrected chi connectivity index (χ0v) is 14.3. The molecule has 0 unspecified atom stereocenters. The Kier molecular flexibility index (Phi) is 11.4. The van der Waals surface area contributed by atoms with Gasteiger partial charge in [0.25, 0.3) is 0 Å². The average Bonchev–Trinajstić information content (AvgIpc) is 2.27. The first-order chi connectivity index (χ1) is 8.91. The molecule has 19 heavy (non-hydrogen) atoms. The highest BCUT2D eigenvalue weighted by atomic mass is 14.1. The third kappa shape index (κ3) is 14.0. The number of hydrogen-bond donors (Lipinski definition) is 0. The molecule has 0 nitrogen and oxygen atoms in total. The monoisotopic (exact) mass is 266 g/mol. The van der Waals surface area contributed by atoms with Crippen LogP contribution in [0.15, 0.2) is 12.2 Å². The average molecular weight is 267 g/mol. The molecular formula is C19H38. The molecule has 0 aromatic rings. The van der Waals surface area contributed by atoms with Gasteiger partial charge in [-0.05, 0) is 37.5 Å². The summed E-state index contributed by atoms with van der Waals surface area (Å²) < 4.78 is 0. The zero-order chi connectivity index (χ0) is 14.7. The van der Waals surface area contributed by atoms with E-state index >= 15 is 0 Å². The maximum Gasteiger partial charge on any atom is -0.0326 e. The van der Waals surface area contributed by atoms with Gasteiger partial charge in [-0.15, -0.1) is 6.58 Å². The lowest BCUT2D eigenvalue weighted by molar-refractivity contribution is 0.389. The Bertz CT molecular complexity index is 214. The van der Waals surface area contributed by atoms with Crippen LogP contribution in [-0.4, -0.2) is 0 Å². The topological polar surface area (TPSA) is 0 Å². The standard InChI is InChI=1S/C19H38/c1-16(2)10-7-12-18(5)14-9-15-19(6)13-8-11-17(3)4/h17-19H,1,7-15H2,2-6H3/t18-,19+/m1/s1. The minimum absolute atomic E-state index is 0.875. The first-order valence-corrected chi connectivity index (χ1v) is 8.56. The van der Waals surface area contributed by atoms with Crippen LogP contribution in [0.4, 0.5) is 0 Å². The second-order valence-corrected chi connectivity index (χ2v) is 7.32. The molecule has 0 amide bonds. The van der Waals surface area contributed by atoms with Gasteiger partial charge in [0.1, 0.15) is 0 Å². The van der Waals surface area contributed by atoms with Gasteiger partial charge in [0.2, 0.25) is 0 Å². The Labute approximate surface area is 123 Å². The van der Waals surface area contributed by atoms with Crippen LogP contribution in [0.5, 0.6) is 0 Å². The van der Waals surface area contributed by atoms with Crippen molar-refractivity contribution in [2.45, 2.75) is 92.4 Å². The molecule has 114 valence electrons. The quantitative estimate of drug-likeness (QED) is 0.333. The number of allylic oxidation sites excluding steroid dienone is 1. The summed E-state index contributed by atoms with van der Waals surface area (Å²) in [5, 5.41) is 0. The highest BCUT2D eigenvalue weighted by Crippen LogP contribution is 2.21. The van der Waals surface area contributed by atoms with E-state index in [9.17, 15) is 0 Å². The van der Waals surface area contributed by atoms with Crippen LogP contribution >= 0.6 is 0 Å². The van der Waals surface area contributed by atoms with E-state index in [2.05, 4.69) is 41.2 Å². The fraction of sp³-hybridized carbons (Fsp3) is 0.895. The minimum Gasteiger partial charge on any atom is -0.100 e. The Hall–Kier alpha value is -0.260. The maximum absolute atomic E-state index is 3.98. The second-order valence-electron chi connectivity index (χ2n) is 7.32. The molecule has 0 heterocycles. The third-order valence-electron chi connectivity index (χ3n) is 4.17. The summed E-state index contributed by atoms with van der Waals surface area (Å²) in [6.45, 7) is 15.6. The van der Waals surface area contributed by atoms with Crippen molar-refractivity contribution < 1.29 is 0 Å². The molecule has 0 bridgehead atoms. The molecule has 0 aliphatic carbocycles. The van der Waals surface area contributed by atoms with Crippen molar-refractivity contribution in [3.05, 3.63) is 12.2 Å². The maximum atomic E-state index is 3.98. The normalized spacial score (nSPS) is 14.6. The third-order valence-corrected chi connectivity index (χ3v) is 4.17. The summed E-state index contributed by atoms with van der Waals surface area (Å²) in [5.74, 6) is 2.71. The van der Waals surface area contributed by atoms with Crippen LogP contribution < -0.4 is 0 Å². The fourth-order valence-electron chi connectivity index (χ4n) is 2.73. The van der Waals surface area contributed by atoms with Crippen molar-refractivity contribution in [2.24, 2.45) is 17.8 Å². The molecule has 0 aliphatic heterocycles. The highest BCUT2D eigenvalue weighted by Gasteiger charge is 2.06. The molecule has 0 rings (SSSR count). The predicted molar refractivity (Wildman–Crippen MR) is 89.5 cm³/mol. The van der Waals surface area contributed by atoms with E-state index in [1.165, 1.54) is 63.4 Å². The molecule has 0 heteroatoms. The summed E-state index contributed by atoms with van der Waals surface area (Å²) in [6.07, 6.45) is 12.5. The summed E-state index contributed by atoms with van der Waals surface area (Å²) in [5.41, 5.74) is 1.34. The lowest BCUT2D eigenvalue weighted by atomic mass is 9.91. The van der Waals surface area contributed by atoms with Crippen LogP contribution in [-0.2, 0) is 0 Å². The minimum atomic E-state index is 0.875. The van der Waals surface area contributed by atoms with Gasteiger partial charge in [0, 0.05) is 0 Å². The smallest absolute Gasteiger partial charge is 0.0326 e. The molecule has 0 radical (unpaired) electrons. The van der Waals surface area contributed by atoms with Gasteiger partial charge in [0.15, 0.2) is 0 Å². The van der Waals surface area contributed by atoms with Crippen LogP contribution in [0.2, 0.25) is 0 Å². The van der Waals surface area contributed by atoms with E-state index in [1.54, 1.807) is 0 Å². The molecule has 0 spiro atoms. The van der Waals surface area contributed by atoms with E-state index in [1.807, 2.05) is 0 Å². The van der Waals surface area contributed by atoms with Gasteiger partial charge in [-0.3, -0.25) is 0 Å². The molecule has 2 atom stereocenters. The van der Waals surface area contributed by atoms with E-state index < -0.39 is 0 Å². The predicted octanol–water partition coefficient (Wildman–Crippen LogP) is 7.00. The van der Waals surface area contributed by atoms with Crippen molar-refractivity contribution in [2.75, 3.05) is 0 Å². The summed E-state index contributed by atoms with van der Waals surface area (Å²) in [7, 11) is 0. The molecular weight excluding hydrogens is 228 g/mol. The Balaban J connectivity index is 3.42. The van der Waals surface area contributed by atoms with Gasteiger partial charge >= 0.3 is 0 Å². The first kappa shape index (κ1) is 18.7. The van der Waals surface area contributed by atoms with Crippen LogP contribution in [0.1, 0.15) is 92.4 Å². The molecule has 0 N–H and O–H groups in total. The lowest BCUT2D eigenvalue weighted by Crippen LogP contribution is -2.00. The van der Waals surface area contributed by atoms with E-state index in [-0.39, 0.29) is 0 Å². The van der Waals surface area contributed by atoms with Crippen LogP contribution in [0.3, 0.4) is 0 Å². The summed E-state index contributed by atoms with van der Waals surface area (Å²) in [6, 6.07) is 0. The van der Waals surface area contributed by atoms with Crippen molar-refractivity contribution >= 4 is 0 Å². The molecule has 0 aliphatic rings. The summed E-state index contributed by atoms with van der Waals surface area (Å²) >= 11 is 0. The number of hydrogen-bond acceptors (Lipinski definition) is 0. The molecule has 0 aromatic carbocycles. The van der Waals surface area contributed by atoms with E-state index in [0.29, 0.717) is 0 Å². The first-order valence-electron chi connectivity index (χ1n) is 8.56. The fourth-order valence-corrected chi connectivity index (χ4v) is 2.73. The van der Waals surface area contributed by atoms with Crippen molar-refractivity contribution in [3.63, 3.8) is 0 Å². The Morgan fingerprint density at radius 2 is 1.16 bits per heavy atom. The number of rotatable bonds is 12. The van der Waals surface area contributed by atoms with E-state index in [4.69, 9.17) is 0 Å². The lowest BCUT2D eigenvalue weighted by Gasteiger charge is -2.15. The Morgan fingerprint density at radius 1 is 0.737 bits per heavy atom. The SMILES string of the molecule is C=C(C)CCC[C@@H](C)CCC[C@@H](C)CCCC(C)C. The largest absolute Gasteiger partial charge is 0.100 e. The van der Waals surface area contributed by atoms with Gasteiger partial charge in [-0.1, -0.05) is 78.2 Å². The molecule has 0 saturated carbocycles. The van der Waals surface area contributed by atoms with Crippen molar-refractivity contribution in [1.29, 1.82) is 0 Å². The van der Waals surface area contributed by atoms with Crippen molar-refractivity contribution in [3.8, 4) is 0 Å². The summed E-state index contributed by atoms with van der Waals surface area (Å²) in [4.78, 5) is 0. The van der Waals surface area contributed by atoms with Gasteiger partial charge < -0.3 is 0 Å². The van der Waals surface area contributed by atoms with Gasteiger partial charge in [0.05, 0.1) is 0 Å². The van der Waals surface area contributed by atoms with Crippen molar-refractivity contribution in [1.82, 2.24) is 0 Å². The van der Waals surface area contributed by atoms with E-state index in [0.717, 1.165) is 17.8 Å². The van der Waals surface area contributed by atoms with Crippen LogP contribution in [0.25, 0.3) is 0 Å². The second kappa shape index (κ2) is 11.6. The zero-order valence-electron chi connectivity index (χ0n) is 14.3. The molecule has 0 aromatic heterocycles. The van der Waals surface area contributed by atoms with Crippen LogP contribution in [0, 0.1) is 17.8 Å². The molecule has 0 saturated heterocycles. The Morgan fingerprint density at radius 3 is 1.58 bits per heavy atom. The highest BCUT2D eigenvalue weighted by molar-refractivity contribution is 4.87. The van der Waals surface area contributed by atoms with Gasteiger partial charge in [-0.2, -0.15) is 0 Å².